The molecule has 210 valence electrons. The highest BCUT2D eigenvalue weighted by Gasteiger charge is 2.32. The lowest BCUT2D eigenvalue weighted by Gasteiger charge is -2.29. The van der Waals surface area contributed by atoms with Crippen LogP contribution in [-0.2, 0) is 27.8 Å². The summed E-state index contributed by atoms with van der Waals surface area (Å²) >= 11 is 5.90. The van der Waals surface area contributed by atoms with Crippen LogP contribution in [0.5, 0.6) is 0 Å². The molecule has 40 heavy (non-hydrogen) atoms. The zero-order valence-corrected chi connectivity index (χ0v) is 24.1. The van der Waals surface area contributed by atoms with Crippen LogP contribution in [0.15, 0.2) is 77.8 Å². The first-order valence-corrected chi connectivity index (χ1v) is 14.6. The molecule has 0 atom stereocenters. The number of fused-ring (bicyclic) bond motifs is 1. The maximum atomic E-state index is 13.7. The van der Waals surface area contributed by atoms with Crippen LogP contribution in [0.4, 0.5) is 5.69 Å². The summed E-state index contributed by atoms with van der Waals surface area (Å²) in [7, 11) is -4.25. The van der Waals surface area contributed by atoms with Crippen molar-refractivity contribution in [2.24, 2.45) is 0 Å². The number of aromatic nitrogens is 1. The minimum atomic E-state index is -4.25. The van der Waals surface area contributed by atoms with Crippen molar-refractivity contribution in [2.45, 2.75) is 44.7 Å². The SMILES string of the molecule is Cc1ccc(CN(CCc2c[nH]c3ccccc23)C(=O)CN(C(C)C)S(=O)(=O)c2ccc(Cl)c([N+](=O)[O-])c2)cc1. The summed E-state index contributed by atoms with van der Waals surface area (Å²) in [4.78, 5) is 29.0. The number of carbonyl (C=O) groups excluding carboxylic acids is 1. The first kappa shape index (κ1) is 29.3. The number of nitro groups is 1. The number of aryl methyl sites for hydroxylation is 1. The molecule has 0 bridgehead atoms. The number of nitro benzene ring substituents is 1. The first-order valence-electron chi connectivity index (χ1n) is 12.8. The number of H-pyrrole nitrogens is 1. The summed E-state index contributed by atoms with van der Waals surface area (Å²) in [6.07, 6.45) is 2.50. The van der Waals surface area contributed by atoms with E-state index in [4.69, 9.17) is 11.6 Å². The Labute approximate surface area is 238 Å². The average Bonchev–Trinajstić information content (AvgIpc) is 3.33. The largest absolute Gasteiger partial charge is 0.361 e. The van der Waals surface area contributed by atoms with Crippen molar-refractivity contribution in [3.8, 4) is 0 Å². The van der Waals surface area contributed by atoms with Crippen LogP contribution in [0.2, 0.25) is 5.02 Å². The number of aromatic amines is 1. The maximum Gasteiger partial charge on any atom is 0.289 e. The van der Waals surface area contributed by atoms with Crippen LogP contribution in [0.3, 0.4) is 0 Å². The standard InChI is InChI=1S/C29H31ClN4O5S/c1-20(2)33(40(38,39)24-12-13-26(30)28(16-24)34(36)37)19-29(35)32(18-22-10-8-21(3)9-11-22)15-14-23-17-31-27-7-5-4-6-25(23)27/h4-13,16-17,20,31H,14-15,18-19H2,1-3H3. The highest BCUT2D eigenvalue weighted by Crippen LogP contribution is 2.29. The predicted octanol–water partition coefficient (Wildman–Crippen LogP) is 5.71. The van der Waals surface area contributed by atoms with E-state index in [0.717, 1.165) is 38.0 Å². The van der Waals surface area contributed by atoms with Crippen LogP contribution in [0.1, 0.15) is 30.5 Å². The molecule has 1 N–H and O–H groups in total. The molecule has 1 amide bonds. The fourth-order valence-corrected chi connectivity index (χ4v) is 6.30. The van der Waals surface area contributed by atoms with Crippen molar-refractivity contribution < 1.29 is 18.1 Å². The maximum absolute atomic E-state index is 13.7. The van der Waals surface area contributed by atoms with Gasteiger partial charge in [0.2, 0.25) is 15.9 Å². The zero-order valence-electron chi connectivity index (χ0n) is 22.5. The number of carbonyl (C=O) groups is 1. The highest BCUT2D eigenvalue weighted by atomic mass is 35.5. The van der Waals surface area contributed by atoms with E-state index in [0.29, 0.717) is 19.5 Å². The third kappa shape index (κ3) is 6.52. The molecule has 9 nitrogen and oxygen atoms in total. The van der Waals surface area contributed by atoms with Crippen molar-refractivity contribution in [3.05, 3.63) is 105 Å². The minimum Gasteiger partial charge on any atom is -0.361 e. The topological polar surface area (TPSA) is 117 Å². The van der Waals surface area contributed by atoms with Gasteiger partial charge < -0.3 is 9.88 Å². The van der Waals surface area contributed by atoms with Gasteiger partial charge in [0, 0.05) is 42.3 Å². The number of nitrogens with one attached hydrogen (secondary N) is 1. The Bertz CT molecular complexity index is 1630. The normalized spacial score (nSPS) is 11.8. The second kappa shape index (κ2) is 12.2. The third-order valence-electron chi connectivity index (χ3n) is 6.76. The summed E-state index contributed by atoms with van der Waals surface area (Å²) in [5, 5.41) is 12.3. The van der Waals surface area contributed by atoms with Crippen LogP contribution >= 0.6 is 11.6 Å². The van der Waals surface area contributed by atoms with Gasteiger partial charge in [-0.05, 0) is 56.5 Å². The molecule has 4 aromatic rings. The fourth-order valence-electron chi connectivity index (χ4n) is 4.51. The molecule has 0 unspecified atom stereocenters. The van der Waals surface area contributed by atoms with E-state index in [1.807, 2.05) is 61.7 Å². The average molecular weight is 583 g/mol. The second-order valence-corrected chi connectivity index (χ2v) is 12.2. The summed E-state index contributed by atoms with van der Waals surface area (Å²) in [5.74, 6) is -0.374. The van der Waals surface area contributed by atoms with E-state index in [1.54, 1.807) is 18.7 Å². The molecule has 0 spiro atoms. The zero-order chi connectivity index (χ0) is 29.0. The molecule has 0 saturated carbocycles. The van der Waals surface area contributed by atoms with Gasteiger partial charge in [-0.2, -0.15) is 4.31 Å². The molecule has 3 aromatic carbocycles. The van der Waals surface area contributed by atoms with Gasteiger partial charge in [-0.25, -0.2) is 8.42 Å². The van der Waals surface area contributed by atoms with Crippen LogP contribution in [0, 0.1) is 17.0 Å². The number of amides is 1. The third-order valence-corrected chi connectivity index (χ3v) is 9.10. The number of sulfonamides is 1. The number of rotatable bonds is 11. The lowest BCUT2D eigenvalue weighted by molar-refractivity contribution is -0.384. The molecular weight excluding hydrogens is 552 g/mol. The Morgan fingerprint density at radius 1 is 1.07 bits per heavy atom. The van der Waals surface area contributed by atoms with Gasteiger partial charge in [0.25, 0.3) is 5.69 Å². The molecule has 1 aromatic heterocycles. The molecule has 0 radical (unpaired) electrons. The van der Waals surface area contributed by atoms with Crippen molar-refractivity contribution in [2.75, 3.05) is 13.1 Å². The predicted molar refractivity (Wildman–Crippen MR) is 156 cm³/mol. The lowest BCUT2D eigenvalue weighted by Crippen LogP contribution is -2.46. The van der Waals surface area contributed by atoms with E-state index in [-0.39, 0.29) is 15.8 Å². The summed E-state index contributed by atoms with van der Waals surface area (Å²) in [6, 6.07) is 18.5. The van der Waals surface area contributed by atoms with Gasteiger partial charge in [0.05, 0.1) is 16.4 Å². The molecule has 11 heteroatoms. The van der Waals surface area contributed by atoms with Crippen LogP contribution in [0.25, 0.3) is 10.9 Å². The van der Waals surface area contributed by atoms with Gasteiger partial charge in [-0.15, -0.1) is 0 Å². The Kier molecular flexibility index (Phi) is 8.92. The quantitative estimate of drug-likeness (QED) is 0.180. The fraction of sp³-hybridized carbons (Fsp3) is 0.276. The van der Waals surface area contributed by atoms with Crippen molar-refractivity contribution in [1.82, 2.24) is 14.2 Å². The monoisotopic (exact) mass is 582 g/mol. The van der Waals surface area contributed by atoms with E-state index in [2.05, 4.69) is 4.98 Å². The number of hydrogen-bond acceptors (Lipinski definition) is 5. The summed E-state index contributed by atoms with van der Waals surface area (Å²) in [6.45, 7) is 5.55. The second-order valence-electron chi connectivity index (χ2n) is 9.92. The molecule has 0 aliphatic carbocycles. The number of benzene rings is 3. The molecule has 0 saturated heterocycles. The molecule has 4 rings (SSSR count). The smallest absolute Gasteiger partial charge is 0.289 e. The van der Waals surface area contributed by atoms with Gasteiger partial charge in [-0.1, -0.05) is 59.6 Å². The van der Waals surface area contributed by atoms with Crippen LogP contribution in [-0.4, -0.2) is 52.6 Å². The van der Waals surface area contributed by atoms with Gasteiger partial charge >= 0.3 is 0 Å². The lowest BCUT2D eigenvalue weighted by atomic mass is 10.1. The Morgan fingerprint density at radius 3 is 2.45 bits per heavy atom. The number of halogens is 1. The molecule has 1 heterocycles. The summed E-state index contributed by atoms with van der Waals surface area (Å²) in [5.41, 5.74) is 3.55. The van der Waals surface area contributed by atoms with Gasteiger partial charge in [0.15, 0.2) is 0 Å². The van der Waals surface area contributed by atoms with Gasteiger partial charge in [0.1, 0.15) is 5.02 Å². The summed E-state index contributed by atoms with van der Waals surface area (Å²) < 4.78 is 28.2. The van der Waals surface area contributed by atoms with Crippen LogP contribution < -0.4 is 0 Å². The minimum absolute atomic E-state index is 0.169. The van der Waals surface area contributed by atoms with Gasteiger partial charge in [-0.3, -0.25) is 14.9 Å². The highest BCUT2D eigenvalue weighted by molar-refractivity contribution is 7.89. The Morgan fingerprint density at radius 2 is 1.77 bits per heavy atom. The molecule has 0 fully saturated rings. The Hall–Kier alpha value is -3.73. The first-order chi connectivity index (χ1) is 19.0. The number of hydrogen-bond donors (Lipinski definition) is 1. The van der Waals surface area contributed by atoms with E-state index >= 15 is 0 Å². The molecule has 0 aliphatic rings. The van der Waals surface area contributed by atoms with E-state index in [1.165, 1.54) is 12.1 Å². The number of para-hydroxylation sites is 1. The molecule has 0 aliphatic heterocycles. The molecular formula is C29H31ClN4O5S. The van der Waals surface area contributed by atoms with E-state index in [9.17, 15) is 23.3 Å². The Balaban J connectivity index is 1.61. The number of nitrogens with zero attached hydrogens (tertiary/aromatic N) is 3. The van der Waals surface area contributed by atoms with E-state index < -0.39 is 33.2 Å². The van der Waals surface area contributed by atoms with Crippen molar-refractivity contribution in [3.63, 3.8) is 0 Å². The van der Waals surface area contributed by atoms with Crippen molar-refractivity contribution >= 4 is 44.1 Å². The van der Waals surface area contributed by atoms with Crippen molar-refractivity contribution in [1.29, 1.82) is 0 Å².